The Bertz CT molecular complexity index is 1260. The lowest BCUT2D eigenvalue weighted by molar-refractivity contribution is -0.110. The Morgan fingerprint density at radius 3 is 2.72 bits per heavy atom. The van der Waals surface area contributed by atoms with E-state index < -0.39 is 5.97 Å². The van der Waals surface area contributed by atoms with Crippen molar-refractivity contribution in [3.05, 3.63) is 56.7 Å². The van der Waals surface area contributed by atoms with E-state index in [4.69, 9.17) is 4.98 Å². The van der Waals surface area contributed by atoms with E-state index in [-0.39, 0.29) is 11.5 Å². The van der Waals surface area contributed by atoms with Crippen molar-refractivity contribution in [1.82, 2.24) is 9.97 Å². The van der Waals surface area contributed by atoms with Gasteiger partial charge in [0, 0.05) is 39.5 Å². The molecule has 32 heavy (non-hydrogen) atoms. The van der Waals surface area contributed by atoms with Gasteiger partial charge in [0.05, 0.1) is 21.8 Å². The van der Waals surface area contributed by atoms with Crippen LogP contribution < -0.4 is 5.32 Å². The fourth-order valence-electron chi connectivity index (χ4n) is 4.83. The number of hydrogen-bond donors (Lipinski definition) is 3. The van der Waals surface area contributed by atoms with E-state index >= 15 is 0 Å². The number of anilines is 1. The molecule has 5 rings (SSSR count). The number of fused-ring (bicyclic) bond motifs is 1. The average Bonchev–Trinajstić information content (AvgIpc) is 3.45. The van der Waals surface area contributed by atoms with Crippen LogP contribution >= 0.6 is 11.3 Å². The summed E-state index contributed by atoms with van der Waals surface area (Å²) in [6.07, 6.45) is 8.06. The molecule has 2 aromatic heterocycles. The monoisotopic (exact) mass is 447 g/mol. The fraction of sp³-hybridized carbons (Fsp3) is 0.320. The maximum absolute atomic E-state index is 12.7. The van der Waals surface area contributed by atoms with Gasteiger partial charge in [0.25, 0.3) is 5.91 Å². The van der Waals surface area contributed by atoms with Crippen molar-refractivity contribution < 1.29 is 14.7 Å². The Morgan fingerprint density at radius 2 is 2.00 bits per heavy atom. The highest BCUT2D eigenvalue weighted by atomic mass is 32.1. The van der Waals surface area contributed by atoms with Gasteiger partial charge in [-0.25, -0.2) is 9.78 Å². The van der Waals surface area contributed by atoms with Gasteiger partial charge in [0.15, 0.2) is 0 Å². The minimum Gasteiger partial charge on any atom is -0.478 e. The van der Waals surface area contributed by atoms with Gasteiger partial charge in [-0.15, -0.1) is 11.3 Å². The number of amides is 1. The first-order valence-corrected chi connectivity index (χ1v) is 11.9. The lowest BCUT2D eigenvalue weighted by Crippen LogP contribution is -2.03. The van der Waals surface area contributed by atoms with Crippen LogP contribution in [0.2, 0.25) is 0 Å². The van der Waals surface area contributed by atoms with Gasteiger partial charge in [-0.05, 0) is 50.5 Å². The number of carboxylic acids is 1. The smallest absolute Gasteiger partial charge is 0.337 e. The van der Waals surface area contributed by atoms with Crippen LogP contribution in [0.25, 0.3) is 22.9 Å². The SMILES string of the molecule is Cc1[nH]c(/C=C2\C(=O)Nc3ccc(-c4csc(C5CCCCC5)n4)cc32)c(C)c1C(=O)O. The molecule has 3 aromatic rings. The summed E-state index contributed by atoms with van der Waals surface area (Å²) in [5.74, 6) is -0.600. The second-order valence-corrected chi connectivity index (χ2v) is 9.54. The molecule has 2 aliphatic rings. The molecular formula is C25H25N3O3S. The number of nitrogens with one attached hydrogen (secondary N) is 2. The van der Waals surface area contributed by atoms with Gasteiger partial charge >= 0.3 is 5.97 Å². The summed E-state index contributed by atoms with van der Waals surface area (Å²) in [6.45, 7) is 3.48. The molecule has 0 atom stereocenters. The zero-order valence-electron chi connectivity index (χ0n) is 18.1. The molecule has 3 N–H and O–H groups in total. The maximum Gasteiger partial charge on any atom is 0.337 e. The second-order valence-electron chi connectivity index (χ2n) is 8.65. The summed E-state index contributed by atoms with van der Waals surface area (Å²) in [4.78, 5) is 32.3. The van der Waals surface area contributed by atoms with Crippen molar-refractivity contribution in [3.8, 4) is 11.3 Å². The number of aromatic nitrogens is 2. The van der Waals surface area contributed by atoms with E-state index in [1.807, 2.05) is 18.2 Å². The van der Waals surface area contributed by atoms with Crippen molar-refractivity contribution in [3.63, 3.8) is 0 Å². The highest BCUT2D eigenvalue weighted by Crippen LogP contribution is 2.39. The number of rotatable bonds is 4. The molecule has 0 bridgehead atoms. The number of benzene rings is 1. The third-order valence-electron chi connectivity index (χ3n) is 6.55. The number of carbonyl (C=O) groups is 2. The molecule has 1 aromatic carbocycles. The molecule has 6 nitrogen and oxygen atoms in total. The van der Waals surface area contributed by atoms with Gasteiger partial charge in [-0.1, -0.05) is 25.3 Å². The molecule has 0 radical (unpaired) electrons. The van der Waals surface area contributed by atoms with Crippen LogP contribution in [0, 0.1) is 13.8 Å². The molecule has 1 saturated carbocycles. The van der Waals surface area contributed by atoms with Crippen molar-refractivity contribution >= 4 is 40.5 Å². The molecule has 164 valence electrons. The van der Waals surface area contributed by atoms with Crippen LogP contribution in [-0.2, 0) is 4.79 Å². The fourth-order valence-corrected chi connectivity index (χ4v) is 5.83. The molecule has 1 aliphatic carbocycles. The first-order chi connectivity index (χ1) is 15.4. The largest absolute Gasteiger partial charge is 0.478 e. The molecule has 7 heteroatoms. The Morgan fingerprint density at radius 1 is 1.22 bits per heavy atom. The van der Waals surface area contributed by atoms with E-state index in [9.17, 15) is 14.7 Å². The number of aryl methyl sites for hydroxylation is 1. The lowest BCUT2D eigenvalue weighted by Gasteiger charge is -2.18. The highest BCUT2D eigenvalue weighted by molar-refractivity contribution is 7.10. The van der Waals surface area contributed by atoms with Crippen molar-refractivity contribution in [2.24, 2.45) is 0 Å². The van der Waals surface area contributed by atoms with Crippen molar-refractivity contribution in [2.75, 3.05) is 5.32 Å². The van der Waals surface area contributed by atoms with Crippen molar-refractivity contribution in [2.45, 2.75) is 51.9 Å². The summed E-state index contributed by atoms with van der Waals surface area (Å²) in [5, 5.41) is 15.7. The van der Waals surface area contributed by atoms with Crippen LogP contribution in [0.15, 0.2) is 23.6 Å². The summed E-state index contributed by atoms with van der Waals surface area (Å²) in [6, 6.07) is 5.91. The van der Waals surface area contributed by atoms with Crippen molar-refractivity contribution in [1.29, 1.82) is 0 Å². The zero-order chi connectivity index (χ0) is 22.4. The third-order valence-corrected chi connectivity index (χ3v) is 7.56. The molecule has 1 amide bonds. The van der Waals surface area contributed by atoms with E-state index in [0.29, 0.717) is 28.4 Å². The number of nitrogens with zero attached hydrogens (tertiary/aromatic N) is 1. The Hall–Kier alpha value is -3.19. The maximum atomic E-state index is 12.7. The van der Waals surface area contributed by atoms with Gasteiger partial charge in [0.2, 0.25) is 0 Å². The summed E-state index contributed by atoms with van der Waals surface area (Å²) >= 11 is 1.73. The summed E-state index contributed by atoms with van der Waals surface area (Å²) < 4.78 is 0. The summed E-state index contributed by atoms with van der Waals surface area (Å²) in [7, 11) is 0. The lowest BCUT2D eigenvalue weighted by atomic mass is 9.90. The standard InChI is InChI=1S/C25H25N3O3S/c1-13-20(26-14(2)22(13)25(30)31)11-18-17-10-16(8-9-19(17)27-23(18)29)21-12-32-24(28-21)15-6-4-3-5-7-15/h8-12,15,26H,3-7H2,1-2H3,(H,27,29)(H,30,31)/b18-11-. The highest BCUT2D eigenvalue weighted by Gasteiger charge is 2.27. The Kier molecular flexibility index (Phi) is 5.21. The van der Waals surface area contributed by atoms with Gasteiger partial charge in [-0.3, -0.25) is 4.79 Å². The molecule has 0 saturated heterocycles. The average molecular weight is 448 g/mol. The summed E-state index contributed by atoms with van der Waals surface area (Å²) in [5.41, 5.74) is 6.09. The quantitative estimate of drug-likeness (QED) is 0.428. The molecule has 0 spiro atoms. The normalized spacial score (nSPS) is 17.6. The molecule has 1 aliphatic heterocycles. The van der Waals surface area contributed by atoms with E-state index in [2.05, 4.69) is 15.7 Å². The van der Waals surface area contributed by atoms with Gasteiger partial charge < -0.3 is 15.4 Å². The van der Waals surface area contributed by atoms with E-state index in [1.165, 1.54) is 37.1 Å². The minimum atomic E-state index is -0.975. The Balaban J connectivity index is 1.51. The second kappa shape index (κ2) is 8.06. The minimum absolute atomic E-state index is 0.193. The van der Waals surface area contributed by atoms with E-state index in [1.54, 1.807) is 31.3 Å². The number of thiazole rings is 1. The Labute approximate surface area is 190 Å². The number of aromatic carboxylic acids is 1. The molecule has 0 unspecified atom stereocenters. The van der Waals surface area contributed by atoms with Gasteiger partial charge in [-0.2, -0.15) is 0 Å². The van der Waals surface area contributed by atoms with Crippen LogP contribution in [0.5, 0.6) is 0 Å². The van der Waals surface area contributed by atoms with Crippen LogP contribution in [0.1, 0.15) is 75.9 Å². The first kappa shape index (κ1) is 20.7. The third kappa shape index (κ3) is 3.56. The number of aromatic amines is 1. The predicted octanol–water partition coefficient (Wildman–Crippen LogP) is 5.99. The van der Waals surface area contributed by atoms with Crippen LogP contribution in [0.4, 0.5) is 5.69 Å². The molecule has 1 fully saturated rings. The van der Waals surface area contributed by atoms with Crippen LogP contribution in [0.3, 0.4) is 0 Å². The molecular weight excluding hydrogens is 422 g/mol. The number of carboxylic acid groups (broad SMARTS) is 1. The first-order valence-electron chi connectivity index (χ1n) is 11.0. The number of H-pyrrole nitrogens is 1. The number of carbonyl (C=O) groups excluding carboxylic acids is 1. The predicted molar refractivity (Wildman–Crippen MR) is 127 cm³/mol. The van der Waals surface area contributed by atoms with E-state index in [0.717, 1.165) is 22.5 Å². The zero-order valence-corrected chi connectivity index (χ0v) is 18.9. The topological polar surface area (TPSA) is 95.1 Å². The van der Waals surface area contributed by atoms with Crippen LogP contribution in [-0.4, -0.2) is 27.0 Å². The van der Waals surface area contributed by atoms with Gasteiger partial charge in [0.1, 0.15) is 0 Å². The molecule has 3 heterocycles. The number of hydrogen-bond acceptors (Lipinski definition) is 4.